The molecule has 0 aliphatic carbocycles. The number of hydroxylamine groups is 1. The van der Waals surface area contributed by atoms with E-state index in [4.69, 9.17) is 4.84 Å². The van der Waals surface area contributed by atoms with Crippen LogP contribution in [0.15, 0.2) is 35.0 Å². The van der Waals surface area contributed by atoms with E-state index in [1.165, 1.54) is 17.9 Å². The zero-order valence-corrected chi connectivity index (χ0v) is 19.0. The van der Waals surface area contributed by atoms with Crippen LogP contribution < -0.4 is 21.3 Å². The number of aromatic nitrogens is 4. The minimum Gasteiger partial charge on any atom is -0.378 e. The molecule has 3 N–H and O–H groups in total. The van der Waals surface area contributed by atoms with Gasteiger partial charge in [-0.15, -0.1) is 0 Å². The molecule has 1 aliphatic heterocycles. The van der Waals surface area contributed by atoms with E-state index in [2.05, 4.69) is 20.4 Å². The molecular formula is C20H20F7N7O3. The molecule has 2 aromatic heterocycles. The summed E-state index contributed by atoms with van der Waals surface area (Å²) in [5.41, 5.74) is -2.57. The third-order valence-corrected chi connectivity index (χ3v) is 5.10. The van der Waals surface area contributed by atoms with Crippen molar-refractivity contribution in [2.24, 2.45) is 0 Å². The number of nitrogens with one attached hydrogen (secondary N) is 3. The normalized spacial score (nSPS) is 16.1. The van der Waals surface area contributed by atoms with Gasteiger partial charge in [0.05, 0.1) is 24.1 Å². The summed E-state index contributed by atoms with van der Waals surface area (Å²) in [6, 6.07) is -0.853. The van der Waals surface area contributed by atoms with Crippen molar-refractivity contribution in [2.75, 3.05) is 29.9 Å². The molecule has 0 fully saturated rings. The van der Waals surface area contributed by atoms with E-state index in [0.717, 1.165) is 6.20 Å². The van der Waals surface area contributed by atoms with Crippen LogP contribution in [0.5, 0.6) is 0 Å². The lowest BCUT2D eigenvalue weighted by atomic mass is 10.0. The van der Waals surface area contributed by atoms with Crippen LogP contribution in [0.4, 0.5) is 42.4 Å². The number of carbonyl (C=O) groups is 1. The van der Waals surface area contributed by atoms with Gasteiger partial charge in [-0.1, -0.05) is 6.08 Å². The Balaban J connectivity index is 1.49. The van der Waals surface area contributed by atoms with Crippen molar-refractivity contribution < 1.29 is 40.4 Å². The number of amides is 1. The predicted molar refractivity (Wildman–Crippen MR) is 114 cm³/mol. The minimum absolute atomic E-state index is 0.0114. The van der Waals surface area contributed by atoms with Crippen molar-refractivity contribution >= 4 is 17.5 Å². The highest BCUT2D eigenvalue weighted by atomic mass is 19.4. The van der Waals surface area contributed by atoms with E-state index in [-0.39, 0.29) is 37.6 Å². The molecule has 3 rings (SSSR count). The first-order valence-corrected chi connectivity index (χ1v) is 10.6. The number of hydrogen-bond donors (Lipinski definition) is 3. The molecule has 1 unspecified atom stereocenters. The van der Waals surface area contributed by atoms with Gasteiger partial charge in [-0.05, 0) is 18.9 Å². The first-order valence-electron chi connectivity index (χ1n) is 10.6. The van der Waals surface area contributed by atoms with Crippen LogP contribution in [0.3, 0.4) is 0 Å². The fraction of sp³-hybridized carbons (Fsp3) is 0.450. The number of alkyl halides is 7. The fourth-order valence-electron chi connectivity index (χ4n) is 3.28. The number of rotatable bonds is 8. The quantitative estimate of drug-likeness (QED) is 0.266. The monoisotopic (exact) mass is 539 g/mol. The van der Waals surface area contributed by atoms with Gasteiger partial charge in [0.2, 0.25) is 12.1 Å². The zero-order chi connectivity index (χ0) is 27.4. The second kappa shape index (κ2) is 11.1. The Morgan fingerprint density at radius 3 is 2.41 bits per heavy atom. The lowest BCUT2D eigenvalue weighted by molar-refractivity contribution is -0.139. The van der Waals surface area contributed by atoms with Gasteiger partial charge in [0.1, 0.15) is 5.56 Å². The van der Waals surface area contributed by atoms with E-state index in [1.54, 1.807) is 5.10 Å². The maximum atomic E-state index is 14.6. The molecule has 2 atom stereocenters. The van der Waals surface area contributed by atoms with Crippen LogP contribution in [-0.2, 0) is 22.0 Å². The van der Waals surface area contributed by atoms with Gasteiger partial charge in [0, 0.05) is 31.5 Å². The van der Waals surface area contributed by atoms with Gasteiger partial charge in [-0.2, -0.15) is 31.4 Å². The molecule has 0 saturated carbocycles. The first-order chi connectivity index (χ1) is 17.3. The first kappa shape index (κ1) is 27.8. The Labute approximate surface area is 203 Å². The van der Waals surface area contributed by atoms with E-state index >= 15 is 0 Å². The second-order valence-electron chi connectivity index (χ2n) is 7.92. The third-order valence-electron chi connectivity index (χ3n) is 5.10. The summed E-state index contributed by atoms with van der Waals surface area (Å²) in [7, 11) is 0. The summed E-state index contributed by atoms with van der Waals surface area (Å²) < 4.78 is 91.7. The third kappa shape index (κ3) is 7.14. The molecule has 3 heterocycles. The molecule has 0 radical (unpaired) electrons. The van der Waals surface area contributed by atoms with E-state index in [0.29, 0.717) is 12.4 Å². The Kier molecular flexibility index (Phi) is 8.35. The molecule has 10 nitrogen and oxygen atoms in total. The summed E-state index contributed by atoms with van der Waals surface area (Å²) in [6.07, 6.45) is -8.17. The van der Waals surface area contributed by atoms with Crippen LogP contribution in [0, 0.1) is 0 Å². The lowest BCUT2D eigenvalue weighted by Gasteiger charge is -2.27. The molecule has 0 bridgehead atoms. The van der Waals surface area contributed by atoms with Crippen LogP contribution >= 0.6 is 0 Å². The number of halogens is 7. The number of nitrogens with zero attached hydrogens (tertiary/aromatic N) is 4. The highest BCUT2D eigenvalue weighted by Crippen LogP contribution is 2.32. The van der Waals surface area contributed by atoms with Crippen molar-refractivity contribution in [3.05, 3.63) is 51.7 Å². The van der Waals surface area contributed by atoms with Crippen LogP contribution in [0.2, 0.25) is 0 Å². The van der Waals surface area contributed by atoms with E-state index in [1.807, 2.05) is 5.48 Å². The average molecular weight is 539 g/mol. The van der Waals surface area contributed by atoms with Gasteiger partial charge < -0.3 is 10.2 Å². The van der Waals surface area contributed by atoms with Crippen LogP contribution in [0.1, 0.15) is 24.5 Å². The highest BCUT2D eigenvalue weighted by Gasteiger charge is 2.37. The maximum absolute atomic E-state index is 14.6. The fourth-order valence-corrected chi connectivity index (χ4v) is 3.28. The topological polar surface area (TPSA) is 125 Å². The molecule has 0 spiro atoms. The number of H-pyrrole nitrogens is 1. The minimum atomic E-state index is -4.95. The summed E-state index contributed by atoms with van der Waals surface area (Å²) in [5, 5.41) is 7.39. The van der Waals surface area contributed by atoms with Gasteiger partial charge in [0.15, 0.2) is 0 Å². The largest absolute Gasteiger partial charge is 0.423 e. The summed E-state index contributed by atoms with van der Waals surface area (Å²) in [6.45, 7) is 1.18. The van der Waals surface area contributed by atoms with Crippen molar-refractivity contribution in [2.45, 2.75) is 37.9 Å². The average Bonchev–Trinajstić information content (AvgIpc) is 2.82. The molecule has 17 heteroatoms. The SMILES string of the molecule is C[C@@H](CONC(=O)C(F)C1=CCN(c2ncc(C(F)(F)F)cn2)CC1)Nc1cn[nH]c(=O)c1C(F)(F)F. The Bertz CT molecular complexity index is 1180. The Hall–Kier alpha value is -3.76. The standard InChI is InChI=1S/C20H20F7N7O3/c1-10(31-13-8-30-32-16(35)14(13)20(25,26)27)9-37-33-17(36)15(21)11-2-4-34(5-3-11)18-28-6-12(7-29-18)19(22,23)24/h2,6-8,10,15H,3-5,9H2,1H3,(H,33,36)(H2,31,32,35)/t10-,15?/m0/s1. The highest BCUT2D eigenvalue weighted by molar-refractivity contribution is 5.83. The smallest absolute Gasteiger partial charge is 0.378 e. The summed E-state index contributed by atoms with van der Waals surface area (Å²) in [5.74, 6) is -1.15. The Morgan fingerprint density at radius 1 is 1.16 bits per heavy atom. The number of aromatic amines is 1. The van der Waals surface area contributed by atoms with E-state index in [9.17, 15) is 40.3 Å². The van der Waals surface area contributed by atoms with Crippen LogP contribution in [0.25, 0.3) is 0 Å². The Morgan fingerprint density at radius 2 is 1.84 bits per heavy atom. The lowest BCUT2D eigenvalue weighted by Crippen LogP contribution is -2.39. The predicted octanol–water partition coefficient (Wildman–Crippen LogP) is 2.62. The van der Waals surface area contributed by atoms with Gasteiger partial charge in [-0.3, -0.25) is 14.4 Å². The molecule has 1 amide bonds. The maximum Gasteiger partial charge on any atom is 0.423 e. The molecule has 37 heavy (non-hydrogen) atoms. The van der Waals surface area contributed by atoms with Crippen LogP contribution in [-0.4, -0.2) is 58.0 Å². The number of anilines is 2. The molecule has 0 aromatic carbocycles. The summed E-state index contributed by atoms with van der Waals surface area (Å²) >= 11 is 0. The number of carbonyl (C=O) groups excluding carboxylic acids is 1. The molecule has 1 aliphatic rings. The van der Waals surface area contributed by atoms with Crippen molar-refractivity contribution in [3.63, 3.8) is 0 Å². The van der Waals surface area contributed by atoms with Gasteiger partial charge >= 0.3 is 12.4 Å². The molecular weight excluding hydrogens is 519 g/mol. The summed E-state index contributed by atoms with van der Waals surface area (Å²) in [4.78, 5) is 37.3. The van der Waals surface area contributed by atoms with E-state index < -0.39 is 52.8 Å². The molecule has 0 saturated heterocycles. The zero-order valence-electron chi connectivity index (χ0n) is 19.0. The van der Waals surface area contributed by atoms with Crippen molar-refractivity contribution in [1.82, 2.24) is 25.6 Å². The molecule has 202 valence electrons. The van der Waals surface area contributed by atoms with Crippen molar-refractivity contribution in [1.29, 1.82) is 0 Å². The van der Waals surface area contributed by atoms with Crippen molar-refractivity contribution in [3.8, 4) is 0 Å². The van der Waals surface area contributed by atoms with Gasteiger partial charge in [-0.25, -0.2) is 24.9 Å². The second-order valence-corrected chi connectivity index (χ2v) is 7.92. The molecule has 2 aromatic rings. The van der Waals surface area contributed by atoms with Gasteiger partial charge in [0.25, 0.3) is 11.5 Å². The number of hydrogen-bond acceptors (Lipinski definition) is 8.